The molecule has 1 heterocycles. The number of nitrogens with zero attached hydrogens (tertiary/aromatic N) is 1. The minimum Gasteiger partial charge on any atom is -0.295 e. The first-order chi connectivity index (χ1) is 8.91. The van der Waals surface area contributed by atoms with Crippen molar-refractivity contribution in [3.8, 4) is 5.69 Å². The van der Waals surface area contributed by atoms with E-state index in [0.29, 0.717) is 11.4 Å². The Bertz CT molecular complexity index is 744. The summed E-state index contributed by atoms with van der Waals surface area (Å²) in [4.78, 5) is 11.7. The molecule has 0 fully saturated rings. The Morgan fingerprint density at radius 3 is 2.63 bits per heavy atom. The maximum Gasteiger partial charge on any atom is 0.271 e. The number of benzene rings is 1. The van der Waals surface area contributed by atoms with E-state index in [4.69, 9.17) is 0 Å². The number of H-pyrrole nitrogens is 1. The van der Waals surface area contributed by atoms with Crippen LogP contribution in [0.1, 0.15) is 12.6 Å². The quantitative estimate of drug-likeness (QED) is 0.884. The zero-order valence-corrected chi connectivity index (χ0v) is 11.5. The van der Waals surface area contributed by atoms with E-state index in [1.165, 1.54) is 10.7 Å². The second-order valence-electron chi connectivity index (χ2n) is 4.17. The second-order valence-corrected chi connectivity index (χ2v) is 6.18. The molecule has 7 heteroatoms. The van der Waals surface area contributed by atoms with E-state index >= 15 is 0 Å². The van der Waals surface area contributed by atoms with Gasteiger partial charge in [-0.25, -0.2) is 13.1 Å². The third kappa shape index (κ3) is 3.05. The van der Waals surface area contributed by atoms with E-state index in [1.807, 2.05) is 0 Å². The van der Waals surface area contributed by atoms with Crippen LogP contribution in [0.15, 0.2) is 35.1 Å². The van der Waals surface area contributed by atoms with E-state index in [0.717, 1.165) is 5.69 Å². The number of hydrogen-bond donors (Lipinski definition) is 2. The first kappa shape index (κ1) is 13.4. The minimum absolute atomic E-state index is 0.00120. The average molecular weight is 281 g/mol. The number of anilines is 1. The summed E-state index contributed by atoms with van der Waals surface area (Å²) in [5.74, 6) is -0.00120. The summed E-state index contributed by atoms with van der Waals surface area (Å²) in [5.41, 5.74) is 1.56. The van der Waals surface area contributed by atoms with Gasteiger partial charge in [0.2, 0.25) is 10.0 Å². The van der Waals surface area contributed by atoms with Crippen LogP contribution in [0, 0.1) is 6.92 Å². The first-order valence-corrected chi connectivity index (χ1v) is 7.46. The largest absolute Gasteiger partial charge is 0.295 e. The van der Waals surface area contributed by atoms with Crippen molar-refractivity contribution in [3.63, 3.8) is 0 Å². The highest BCUT2D eigenvalue weighted by molar-refractivity contribution is 7.92. The molecule has 0 aliphatic rings. The summed E-state index contributed by atoms with van der Waals surface area (Å²) < 4.78 is 26.8. The molecule has 6 nitrogen and oxygen atoms in total. The lowest BCUT2D eigenvalue weighted by atomic mass is 10.3. The van der Waals surface area contributed by atoms with Gasteiger partial charge in [0, 0.05) is 11.8 Å². The highest BCUT2D eigenvalue weighted by Crippen LogP contribution is 2.14. The smallest absolute Gasteiger partial charge is 0.271 e. The van der Waals surface area contributed by atoms with Gasteiger partial charge in [0.1, 0.15) is 0 Å². The van der Waals surface area contributed by atoms with Gasteiger partial charge in [-0.3, -0.25) is 14.6 Å². The molecule has 2 rings (SSSR count). The van der Waals surface area contributed by atoms with Crippen LogP contribution in [0.4, 0.5) is 5.69 Å². The molecule has 0 unspecified atom stereocenters. The molecule has 0 aliphatic carbocycles. The van der Waals surface area contributed by atoms with Crippen LogP contribution in [0.3, 0.4) is 0 Å². The standard InChI is InChI=1S/C12H15N3O3S/c1-3-19(17,18)14-10-5-4-6-11(8-10)15-12(16)7-9(2)13-15/h4-8,13-14H,3H2,1-2H3. The zero-order valence-electron chi connectivity index (χ0n) is 10.7. The monoisotopic (exact) mass is 281 g/mol. The summed E-state index contributed by atoms with van der Waals surface area (Å²) >= 11 is 0. The topological polar surface area (TPSA) is 84.0 Å². The van der Waals surface area contributed by atoms with Gasteiger partial charge in [-0.15, -0.1) is 0 Å². The molecule has 0 radical (unpaired) electrons. The van der Waals surface area contributed by atoms with E-state index in [-0.39, 0.29) is 11.3 Å². The van der Waals surface area contributed by atoms with Gasteiger partial charge in [0.05, 0.1) is 17.1 Å². The van der Waals surface area contributed by atoms with Crippen LogP contribution < -0.4 is 10.3 Å². The molecule has 0 amide bonds. The number of hydrogen-bond acceptors (Lipinski definition) is 3. The van der Waals surface area contributed by atoms with E-state index in [1.54, 1.807) is 38.1 Å². The predicted octanol–water partition coefficient (Wildman–Crippen LogP) is 1.24. The van der Waals surface area contributed by atoms with Crippen molar-refractivity contribution in [3.05, 3.63) is 46.4 Å². The summed E-state index contributed by atoms with van der Waals surface area (Å²) in [5, 5.41) is 2.89. The molecule has 0 bridgehead atoms. The van der Waals surface area contributed by atoms with E-state index in [2.05, 4.69) is 9.82 Å². The van der Waals surface area contributed by atoms with Gasteiger partial charge in [0.15, 0.2) is 0 Å². The van der Waals surface area contributed by atoms with Crippen molar-refractivity contribution < 1.29 is 8.42 Å². The molecule has 2 aromatic rings. The number of aromatic nitrogens is 2. The van der Waals surface area contributed by atoms with Gasteiger partial charge in [0.25, 0.3) is 5.56 Å². The predicted molar refractivity (Wildman–Crippen MR) is 74.2 cm³/mol. The maximum atomic E-state index is 11.7. The fourth-order valence-electron chi connectivity index (χ4n) is 1.67. The highest BCUT2D eigenvalue weighted by atomic mass is 32.2. The summed E-state index contributed by atoms with van der Waals surface area (Å²) in [6.07, 6.45) is 0. The maximum absolute atomic E-state index is 11.7. The second kappa shape index (κ2) is 4.93. The molecule has 2 N–H and O–H groups in total. The molecule has 0 saturated carbocycles. The van der Waals surface area contributed by atoms with Crippen molar-refractivity contribution >= 4 is 15.7 Å². The number of sulfonamides is 1. The Labute approximate surface area is 111 Å². The Kier molecular flexibility index (Phi) is 3.48. The summed E-state index contributed by atoms with van der Waals surface area (Å²) in [6, 6.07) is 8.12. The third-order valence-electron chi connectivity index (χ3n) is 2.61. The highest BCUT2D eigenvalue weighted by Gasteiger charge is 2.08. The third-order valence-corrected chi connectivity index (χ3v) is 3.91. The number of nitrogens with one attached hydrogen (secondary N) is 2. The van der Waals surface area contributed by atoms with Gasteiger partial charge in [-0.05, 0) is 32.0 Å². The van der Waals surface area contributed by atoms with Crippen molar-refractivity contribution in [2.45, 2.75) is 13.8 Å². The van der Waals surface area contributed by atoms with Crippen LogP contribution in [0.25, 0.3) is 5.69 Å². The fourth-order valence-corrected chi connectivity index (χ4v) is 2.30. The molecule has 1 aromatic carbocycles. The van der Waals surface area contributed by atoms with Gasteiger partial charge < -0.3 is 0 Å². The van der Waals surface area contributed by atoms with Gasteiger partial charge in [-0.1, -0.05) is 6.07 Å². The summed E-state index contributed by atoms with van der Waals surface area (Å²) in [7, 11) is -3.32. The van der Waals surface area contributed by atoms with Crippen molar-refractivity contribution in [1.29, 1.82) is 0 Å². The van der Waals surface area contributed by atoms with E-state index in [9.17, 15) is 13.2 Å². The first-order valence-electron chi connectivity index (χ1n) is 5.81. The van der Waals surface area contributed by atoms with Crippen LogP contribution in [0.5, 0.6) is 0 Å². The minimum atomic E-state index is -3.32. The Morgan fingerprint density at radius 2 is 2.05 bits per heavy atom. The van der Waals surface area contributed by atoms with Gasteiger partial charge >= 0.3 is 0 Å². The molecule has 19 heavy (non-hydrogen) atoms. The molecular formula is C12H15N3O3S. The molecule has 0 aliphatic heterocycles. The van der Waals surface area contributed by atoms with Crippen molar-refractivity contribution in [2.24, 2.45) is 0 Å². The van der Waals surface area contributed by atoms with Gasteiger partial charge in [-0.2, -0.15) is 0 Å². The van der Waals surface area contributed by atoms with Crippen LogP contribution in [0.2, 0.25) is 0 Å². The normalized spacial score (nSPS) is 11.5. The zero-order chi connectivity index (χ0) is 14.0. The Balaban J connectivity index is 2.40. The lowest BCUT2D eigenvalue weighted by Crippen LogP contribution is -2.16. The van der Waals surface area contributed by atoms with Crippen LogP contribution in [-0.4, -0.2) is 24.0 Å². The number of aryl methyl sites for hydroxylation is 1. The van der Waals surface area contributed by atoms with Crippen molar-refractivity contribution in [1.82, 2.24) is 9.78 Å². The Hall–Kier alpha value is -2.02. The average Bonchev–Trinajstić information content (AvgIpc) is 2.68. The van der Waals surface area contributed by atoms with E-state index < -0.39 is 10.0 Å². The number of rotatable bonds is 4. The number of aromatic amines is 1. The lowest BCUT2D eigenvalue weighted by molar-refractivity contribution is 0.602. The molecule has 0 saturated heterocycles. The molecule has 0 atom stereocenters. The van der Waals surface area contributed by atoms with Crippen LogP contribution >= 0.6 is 0 Å². The molecule has 102 valence electrons. The molecule has 1 aromatic heterocycles. The lowest BCUT2D eigenvalue weighted by Gasteiger charge is -2.08. The molecular weight excluding hydrogens is 266 g/mol. The fraction of sp³-hybridized carbons (Fsp3) is 0.250. The summed E-state index contributed by atoms with van der Waals surface area (Å²) in [6.45, 7) is 3.34. The SMILES string of the molecule is CCS(=O)(=O)Nc1cccc(-n2[nH]c(C)cc2=O)c1. The Morgan fingerprint density at radius 1 is 1.32 bits per heavy atom. The molecule has 0 spiro atoms. The van der Waals surface area contributed by atoms with Crippen LogP contribution in [-0.2, 0) is 10.0 Å². The van der Waals surface area contributed by atoms with Crippen molar-refractivity contribution in [2.75, 3.05) is 10.5 Å².